The molecule has 2 atom stereocenters. The highest BCUT2D eigenvalue weighted by Gasteiger charge is 2.49. The summed E-state index contributed by atoms with van der Waals surface area (Å²) in [6.07, 6.45) is 2.62. The molecule has 7 nitrogen and oxygen atoms in total. The van der Waals surface area contributed by atoms with Crippen molar-refractivity contribution < 1.29 is 27.9 Å². The van der Waals surface area contributed by atoms with Crippen molar-refractivity contribution in [3.05, 3.63) is 0 Å². The van der Waals surface area contributed by atoms with Gasteiger partial charge in [-0.15, -0.1) is 0 Å². The molecule has 0 amide bonds. The molecule has 0 aromatic carbocycles. The summed E-state index contributed by atoms with van der Waals surface area (Å²) in [5.41, 5.74) is -0.974. The largest absolute Gasteiger partial charge is 0.481 e. The predicted molar refractivity (Wildman–Crippen MR) is 78.6 cm³/mol. The molecule has 0 spiro atoms. The molecule has 2 rings (SSSR count). The summed E-state index contributed by atoms with van der Waals surface area (Å²) in [7, 11) is -2.42. The number of rotatable bonds is 5. The summed E-state index contributed by atoms with van der Waals surface area (Å²) >= 11 is 0. The second kappa shape index (κ2) is 6.16. The van der Waals surface area contributed by atoms with Gasteiger partial charge in [-0.2, -0.15) is 0 Å². The van der Waals surface area contributed by atoms with E-state index < -0.39 is 33.3 Å². The number of carboxylic acid groups (broad SMARTS) is 1. The number of esters is 1. The fourth-order valence-corrected chi connectivity index (χ4v) is 5.72. The Morgan fingerprint density at radius 2 is 1.86 bits per heavy atom. The highest BCUT2D eigenvalue weighted by atomic mass is 32.2. The third-order valence-corrected chi connectivity index (χ3v) is 6.93. The first-order valence-electron chi connectivity index (χ1n) is 7.51. The van der Waals surface area contributed by atoms with Gasteiger partial charge in [-0.1, -0.05) is 19.8 Å². The third kappa shape index (κ3) is 3.12. The number of carboxylic acids is 1. The first kappa shape index (κ1) is 17.2. The topological polar surface area (TPSA) is 101 Å². The predicted octanol–water partition coefficient (Wildman–Crippen LogP) is 0.702. The Morgan fingerprint density at radius 3 is 2.32 bits per heavy atom. The van der Waals surface area contributed by atoms with Crippen LogP contribution in [0.3, 0.4) is 0 Å². The van der Waals surface area contributed by atoms with Crippen LogP contribution in [-0.4, -0.2) is 55.7 Å². The molecule has 0 unspecified atom stereocenters. The molecule has 1 N–H and O–H groups in total. The fraction of sp³-hybridized carbons (Fsp3) is 0.857. The number of nitrogens with zero attached hydrogens (tertiary/aromatic N) is 1. The number of sulfonamides is 1. The summed E-state index contributed by atoms with van der Waals surface area (Å²) in [5, 5.41) is 9.13. The molecule has 22 heavy (non-hydrogen) atoms. The highest BCUT2D eigenvalue weighted by molar-refractivity contribution is 7.89. The maximum atomic E-state index is 12.7. The van der Waals surface area contributed by atoms with Crippen molar-refractivity contribution in [1.82, 2.24) is 4.31 Å². The van der Waals surface area contributed by atoms with Gasteiger partial charge in [0.25, 0.3) is 0 Å². The van der Waals surface area contributed by atoms with Crippen LogP contribution in [-0.2, 0) is 24.3 Å². The van der Waals surface area contributed by atoms with Crippen LogP contribution in [0, 0.1) is 17.3 Å². The number of hydrogen-bond acceptors (Lipinski definition) is 5. The summed E-state index contributed by atoms with van der Waals surface area (Å²) in [5.74, 6) is -2.66. The van der Waals surface area contributed by atoms with Crippen LogP contribution < -0.4 is 0 Å². The molecule has 1 aliphatic heterocycles. The van der Waals surface area contributed by atoms with Gasteiger partial charge in [0.15, 0.2) is 0 Å². The Morgan fingerprint density at radius 1 is 1.27 bits per heavy atom. The second-order valence-corrected chi connectivity index (χ2v) is 8.44. The number of hydrogen-bond donors (Lipinski definition) is 1. The fourth-order valence-electron chi connectivity index (χ4n) is 3.59. The highest BCUT2D eigenvalue weighted by Crippen LogP contribution is 2.41. The average Bonchev–Trinajstić information content (AvgIpc) is 3.05. The maximum Gasteiger partial charge on any atom is 0.312 e. The molecular weight excluding hydrogens is 310 g/mol. The van der Waals surface area contributed by atoms with Crippen molar-refractivity contribution in [2.75, 3.05) is 26.0 Å². The minimum atomic E-state index is -3.69. The van der Waals surface area contributed by atoms with Gasteiger partial charge >= 0.3 is 11.9 Å². The zero-order chi connectivity index (χ0) is 16.5. The summed E-state index contributed by atoms with van der Waals surface area (Å²) in [6.45, 7) is 1.91. The van der Waals surface area contributed by atoms with Crippen molar-refractivity contribution in [3.63, 3.8) is 0 Å². The van der Waals surface area contributed by atoms with Gasteiger partial charge in [0.2, 0.25) is 10.0 Å². The smallest absolute Gasteiger partial charge is 0.312 e. The SMILES string of the molecule is COC(=O)C1(CS(=O)(=O)N2C[C@@H](C)[C@H](C(=O)O)C2)CCCC1. The monoisotopic (exact) mass is 333 g/mol. The quantitative estimate of drug-likeness (QED) is 0.743. The van der Waals surface area contributed by atoms with E-state index in [-0.39, 0.29) is 24.8 Å². The molecule has 2 aliphatic rings. The lowest BCUT2D eigenvalue weighted by atomic mass is 9.89. The molecular formula is C14H23NO6S. The minimum absolute atomic E-state index is 0.0178. The van der Waals surface area contributed by atoms with Crippen molar-refractivity contribution in [1.29, 1.82) is 0 Å². The van der Waals surface area contributed by atoms with Crippen molar-refractivity contribution in [2.45, 2.75) is 32.6 Å². The Kier molecular flexibility index (Phi) is 4.81. The van der Waals surface area contributed by atoms with Crippen LogP contribution in [0.15, 0.2) is 0 Å². The van der Waals surface area contributed by atoms with E-state index in [0.717, 1.165) is 12.8 Å². The number of carbonyl (C=O) groups excluding carboxylic acids is 1. The summed E-state index contributed by atoms with van der Waals surface area (Å²) < 4.78 is 31.3. The van der Waals surface area contributed by atoms with Crippen molar-refractivity contribution in [2.24, 2.45) is 17.3 Å². The van der Waals surface area contributed by atoms with E-state index in [1.807, 2.05) is 0 Å². The number of ether oxygens (including phenoxy) is 1. The van der Waals surface area contributed by atoms with Crippen molar-refractivity contribution >= 4 is 22.0 Å². The van der Waals surface area contributed by atoms with Crippen LogP contribution >= 0.6 is 0 Å². The molecule has 0 aromatic rings. The molecule has 1 aliphatic carbocycles. The summed E-state index contributed by atoms with van der Waals surface area (Å²) in [6, 6.07) is 0. The minimum Gasteiger partial charge on any atom is -0.481 e. The van der Waals surface area contributed by atoms with Crippen LogP contribution in [0.1, 0.15) is 32.6 Å². The van der Waals surface area contributed by atoms with E-state index >= 15 is 0 Å². The Bertz CT molecular complexity index is 552. The Balaban J connectivity index is 2.17. The molecule has 0 aromatic heterocycles. The van der Waals surface area contributed by atoms with Gasteiger partial charge in [-0.05, 0) is 18.8 Å². The lowest BCUT2D eigenvalue weighted by Gasteiger charge is -2.28. The average molecular weight is 333 g/mol. The molecule has 126 valence electrons. The van der Waals surface area contributed by atoms with Gasteiger partial charge in [0, 0.05) is 13.1 Å². The van der Waals surface area contributed by atoms with Crippen LogP contribution in [0.4, 0.5) is 0 Å². The number of aliphatic carboxylic acids is 1. The normalized spacial score (nSPS) is 28.6. The van der Waals surface area contributed by atoms with Crippen molar-refractivity contribution in [3.8, 4) is 0 Å². The van der Waals surface area contributed by atoms with Crippen LogP contribution in [0.2, 0.25) is 0 Å². The van der Waals surface area contributed by atoms with E-state index in [0.29, 0.717) is 12.8 Å². The molecule has 0 radical (unpaired) electrons. The van der Waals surface area contributed by atoms with Crippen LogP contribution in [0.5, 0.6) is 0 Å². The second-order valence-electron chi connectivity index (χ2n) is 6.47. The zero-order valence-corrected chi connectivity index (χ0v) is 13.8. The molecule has 0 bridgehead atoms. The summed E-state index contributed by atoms with van der Waals surface area (Å²) in [4.78, 5) is 23.2. The van der Waals surface area contributed by atoms with Crippen LogP contribution in [0.25, 0.3) is 0 Å². The number of carbonyl (C=O) groups is 2. The molecule has 1 saturated heterocycles. The van der Waals surface area contributed by atoms with E-state index in [1.165, 1.54) is 11.4 Å². The lowest BCUT2D eigenvalue weighted by molar-refractivity contribution is -0.151. The molecule has 1 heterocycles. The van der Waals surface area contributed by atoms with E-state index in [1.54, 1.807) is 6.92 Å². The van der Waals surface area contributed by atoms with Gasteiger partial charge in [0.1, 0.15) is 0 Å². The van der Waals surface area contributed by atoms with Gasteiger partial charge in [-0.25, -0.2) is 12.7 Å². The van der Waals surface area contributed by atoms with E-state index in [4.69, 9.17) is 9.84 Å². The number of methoxy groups -OCH3 is 1. The Labute approximate surface area is 130 Å². The standard InChI is InChI=1S/C14H23NO6S/c1-10-7-15(8-11(10)12(16)17)22(19,20)9-14(13(18)21-2)5-3-4-6-14/h10-11H,3-9H2,1-2H3,(H,16,17)/t10-,11-/m1/s1. The maximum absolute atomic E-state index is 12.7. The van der Waals surface area contributed by atoms with Gasteiger partial charge in [0.05, 0.1) is 24.2 Å². The Hall–Kier alpha value is -1.15. The first-order chi connectivity index (χ1) is 10.2. The molecule has 1 saturated carbocycles. The third-order valence-electron chi connectivity index (χ3n) is 4.93. The zero-order valence-electron chi connectivity index (χ0n) is 12.9. The first-order valence-corrected chi connectivity index (χ1v) is 9.12. The van der Waals surface area contributed by atoms with E-state index in [2.05, 4.69) is 0 Å². The molecule has 8 heteroatoms. The van der Waals surface area contributed by atoms with Gasteiger partial charge < -0.3 is 9.84 Å². The van der Waals surface area contributed by atoms with Gasteiger partial charge in [-0.3, -0.25) is 9.59 Å². The van der Waals surface area contributed by atoms with E-state index in [9.17, 15) is 18.0 Å². The molecule has 2 fully saturated rings. The lowest BCUT2D eigenvalue weighted by Crippen LogP contribution is -2.42.